The number of fused-ring (bicyclic) bond motifs is 8. The van der Waals surface area contributed by atoms with Gasteiger partial charge in [-0.25, -0.2) is 0 Å². The smallest absolute Gasteiger partial charge is 0.198 e. The Kier molecular flexibility index (Phi) is 8.59. The SMILES string of the molecule is CC1(C)CCC(C)(C)c2cc3c(cc21)N1c2cc(-c4ccccc4)cc(-c4ccc(-c5ccccc5)cc4Nc4cccc5c4C(C)(C)c4ccccc4-5)c2Bc2cccc(c21)C3(C)C. The zero-order chi connectivity index (χ0) is 44.6. The Morgan fingerprint density at radius 3 is 1.78 bits per heavy atom. The molecule has 0 spiro atoms. The third-order valence-corrected chi connectivity index (χ3v) is 16.1. The quantitative estimate of drug-likeness (QED) is 0.174. The predicted octanol–water partition coefficient (Wildman–Crippen LogP) is 14.9. The molecule has 0 bridgehead atoms. The summed E-state index contributed by atoms with van der Waals surface area (Å²) in [6.07, 6.45) is 2.37. The highest BCUT2D eigenvalue weighted by molar-refractivity contribution is 6.73. The van der Waals surface area contributed by atoms with Crippen molar-refractivity contribution in [3.8, 4) is 44.5 Å². The van der Waals surface area contributed by atoms with Gasteiger partial charge in [-0.2, -0.15) is 0 Å². The molecule has 1 N–H and O–H groups in total. The van der Waals surface area contributed by atoms with Gasteiger partial charge in [-0.05, 0) is 132 Å². The van der Waals surface area contributed by atoms with Crippen LogP contribution in [0.4, 0.5) is 28.4 Å². The number of rotatable bonds is 5. The number of anilines is 5. The van der Waals surface area contributed by atoms with Crippen LogP contribution in [0.15, 0.2) is 164 Å². The van der Waals surface area contributed by atoms with Crippen molar-refractivity contribution in [3.63, 3.8) is 0 Å². The number of hydrogen-bond acceptors (Lipinski definition) is 2. The molecule has 0 fully saturated rings. The zero-order valence-electron chi connectivity index (χ0n) is 39.2. The van der Waals surface area contributed by atoms with Gasteiger partial charge in [0.25, 0.3) is 0 Å². The van der Waals surface area contributed by atoms with Crippen molar-refractivity contribution >= 4 is 46.6 Å². The van der Waals surface area contributed by atoms with Crippen LogP contribution in [-0.4, -0.2) is 7.28 Å². The first-order valence-electron chi connectivity index (χ1n) is 23.8. The lowest BCUT2D eigenvalue weighted by atomic mass is 9.55. The van der Waals surface area contributed by atoms with Gasteiger partial charge in [0.05, 0.1) is 5.69 Å². The lowest BCUT2D eigenvalue weighted by Crippen LogP contribution is -2.46. The summed E-state index contributed by atoms with van der Waals surface area (Å²) in [4.78, 5) is 2.69. The molecule has 0 amide bonds. The maximum atomic E-state index is 4.17. The van der Waals surface area contributed by atoms with E-state index >= 15 is 0 Å². The minimum atomic E-state index is -0.172. The summed E-state index contributed by atoms with van der Waals surface area (Å²) >= 11 is 0. The molecular formula is C62H57BN2. The first kappa shape index (κ1) is 40.0. The highest BCUT2D eigenvalue weighted by Crippen LogP contribution is 2.57. The van der Waals surface area contributed by atoms with Gasteiger partial charge in [0.2, 0.25) is 0 Å². The Balaban J connectivity index is 1.13. The molecule has 0 radical (unpaired) electrons. The van der Waals surface area contributed by atoms with Gasteiger partial charge in [0, 0.05) is 39.1 Å². The van der Waals surface area contributed by atoms with Crippen molar-refractivity contribution < 1.29 is 0 Å². The second-order valence-corrected chi connectivity index (χ2v) is 21.7. The predicted molar refractivity (Wildman–Crippen MR) is 279 cm³/mol. The Bertz CT molecular complexity index is 3260. The van der Waals surface area contributed by atoms with Crippen molar-refractivity contribution in [1.29, 1.82) is 0 Å². The number of hydrogen-bond donors (Lipinski definition) is 1. The van der Waals surface area contributed by atoms with Crippen molar-refractivity contribution in [2.24, 2.45) is 0 Å². The molecule has 0 saturated heterocycles. The average Bonchev–Trinajstić information content (AvgIpc) is 3.55. The first-order valence-corrected chi connectivity index (χ1v) is 23.8. The Hall–Kier alpha value is -6.58. The fraction of sp³-hybridized carbons (Fsp3) is 0.226. The van der Waals surface area contributed by atoms with Crippen molar-refractivity contribution in [2.45, 2.75) is 89.9 Å². The van der Waals surface area contributed by atoms with E-state index in [0.29, 0.717) is 0 Å². The molecule has 0 saturated carbocycles. The fourth-order valence-electron chi connectivity index (χ4n) is 12.4. The molecule has 4 aliphatic rings. The van der Waals surface area contributed by atoms with E-state index < -0.39 is 0 Å². The van der Waals surface area contributed by atoms with Crippen molar-refractivity contribution in [1.82, 2.24) is 0 Å². The number of para-hydroxylation sites is 1. The van der Waals surface area contributed by atoms with E-state index in [9.17, 15) is 0 Å². The Labute approximate surface area is 386 Å². The van der Waals surface area contributed by atoms with Crippen LogP contribution < -0.4 is 21.1 Å². The second kappa shape index (κ2) is 14.0. The van der Waals surface area contributed by atoms with Gasteiger partial charge in [-0.15, -0.1) is 0 Å². The average molecular weight is 841 g/mol. The van der Waals surface area contributed by atoms with Gasteiger partial charge in [-0.1, -0.05) is 194 Å². The molecule has 0 aromatic heterocycles. The van der Waals surface area contributed by atoms with Crippen molar-refractivity contribution in [2.75, 3.05) is 10.2 Å². The number of nitrogens with zero attached hydrogens (tertiary/aromatic N) is 1. The third-order valence-electron chi connectivity index (χ3n) is 16.1. The molecule has 318 valence electrons. The van der Waals surface area contributed by atoms with Crippen LogP contribution in [0.25, 0.3) is 44.5 Å². The molecule has 12 rings (SSSR count). The van der Waals surface area contributed by atoms with E-state index in [1.807, 2.05) is 0 Å². The molecule has 2 aliphatic carbocycles. The van der Waals surface area contributed by atoms with Crippen LogP contribution in [0.1, 0.15) is 102 Å². The van der Waals surface area contributed by atoms with Crippen LogP contribution in [-0.2, 0) is 21.7 Å². The van der Waals surface area contributed by atoms with E-state index in [1.54, 1.807) is 0 Å². The summed E-state index contributed by atoms with van der Waals surface area (Å²) in [6, 6.07) is 62.1. The van der Waals surface area contributed by atoms with Gasteiger partial charge < -0.3 is 10.2 Å². The second-order valence-electron chi connectivity index (χ2n) is 21.7. The van der Waals surface area contributed by atoms with Crippen LogP contribution in [0.2, 0.25) is 0 Å². The lowest BCUT2D eigenvalue weighted by Gasteiger charge is -2.49. The van der Waals surface area contributed by atoms with E-state index in [4.69, 9.17) is 0 Å². The largest absolute Gasteiger partial charge is 0.355 e. The van der Waals surface area contributed by atoms with E-state index in [0.717, 1.165) is 18.7 Å². The molecule has 8 aromatic rings. The lowest BCUT2D eigenvalue weighted by molar-refractivity contribution is 0.331. The van der Waals surface area contributed by atoms with Gasteiger partial charge in [-0.3, -0.25) is 0 Å². The molecule has 0 unspecified atom stereocenters. The summed E-state index contributed by atoms with van der Waals surface area (Å²) in [5, 5.41) is 4.17. The normalized spacial score (nSPS) is 17.1. The molecule has 65 heavy (non-hydrogen) atoms. The summed E-state index contributed by atoms with van der Waals surface area (Å²) < 4.78 is 0. The maximum Gasteiger partial charge on any atom is 0.198 e. The third kappa shape index (κ3) is 5.93. The molecule has 0 atom stereocenters. The first-order chi connectivity index (χ1) is 31.2. The van der Waals surface area contributed by atoms with Gasteiger partial charge in [0.1, 0.15) is 0 Å². The molecule has 2 nitrogen and oxygen atoms in total. The minimum absolute atomic E-state index is 0.0775. The number of nitrogens with one attached hydrogen (secondary N) is 1. The van der Waals surface area contributed by atoms with E-state index in [1.165, 1.54) is 119 Å². The maximum absolute atomic E-state index is 4.17. The van der Waals surface area contributed by atoms with Crippen LogP contribution in [0.3, 0.4) is 0 Å². The Morgan fingerprint density at radius 2 is 1.05 bits per heavy atom. The molecule has 3 heteroatoms. The summed E-state index contributed by atoms with van der Waals surface area (Å²) in [5.41, 5.74) is 27.3. The van der Waals surface area contributed by atoms with Crippen molar-refractivity contribution in [3.05, 3.63) is 197 Å². The van der Waals surface area contributed by atoms with Gasteiger partial charge in [0.15, 0.2) is 7.28 Å². The van der Waals surface area contributed by atoms with Crippen LogP contribution >= 0.6 is 0 Å². The highest BCUT2D eigenvalue weighted by atomic mass is 15.2. The Morgan fingerprint density at radius 1 is 0.415 bits per heavy atom. The zero-order valence-corrected chi connectivity index (χ0v) is 39.2. The molecular weight excluding hydrogens is 784 g/mol. The van der Waals surface area contributed by atoms with E-state index in [2.05, 4.69) is 229 Å². The summed E-state index contributed by atoms with van der Waals surface area (Å²) in [5.74, 6) is 0. The van der Waals surface area contributed by atoms with E-state index in [-0.39, 0.29) is 21.7 Å². The van der Waals surface area contributed by atoms with Crippen LogP contribution in [0, 0.1) is 0 Å². The topological polar surface area (TPSA) is 15.3 Å². The number of benzene rings is 8. The molecule has 2 aliphatic heterocycles. The highest BCUT2D eigenvalue weighted by Gasteiger charge is 2.45. The molecule has 8 aromatic carbocycles. The fourth-order valence-corrected chi connectivity index (χ4v) is 12.4. The molecule has 2 heterocycles. The standard InChI is InChI=1S/C62H57BN2/c1-59(2)31-32-60(3,4)49-37-54-50(36-48(49)59)61(5,6)47-26-18-27-51-58(47)65(54)55-35-41(39-21-13-10-14-22-39)33-45(57(55)63-51)43-30-29-40(38-19-11-9-12-20-38)34-53(43)64-52-28-17-24-44-42-23-15-16-25-46(42)62(7,8)56(44)52/h9-30,33-37,63-64H,31-32H2,1-8H3. The summed E-state index contributed by atoms with van der Waals surface area (Å²) in [6.45, 7) is 19.5. The van der Waals surface area contributed by atoms with Crippen LogP contribution in [0.5, 0.6) is 0 Å². The monoisotopic (exact) mass is 840 g/mol. The van der Waals surface area contributed by atoms with Gasteiger partial charge >= 0.3 is 0 Å². The minimum Gasteiger partial charge on any atom is -0.355 e. The summed E-state index contributed by atoms with van der Waals surface area (Å²) in [7, 11) is 0.844.